The normalized spacial score (nSPS) is 11.5. The van der Waals surface area contributed by atoms with E-state index in [1.54, 1.807) is 0 Å². The highest BCUT2D eigenvalue weighted by molar-refractivity contribution is 5.79. The topological polar surface area (TPSA) is 13.7 Å². The first-order valence-corrected chi connectivity index (χ1v) is 10.9. The third kappa shape index (κ3) is 3.09. The summed E-state index contributed by atoms with van der Waals surface area (Å²) in [7, 11) is 2.17. The van der Waals surface area contributed by atoms with E-state index in [-0.39, 0.29) is 0 Å². The minimum atomic E-state index is 0.445. The first-order valence-electron chi connectivity index (χ1n) is 10.9. The number of rotatable bonds is 4. The van der Waals surface area contributed by atoms with Crippen molar-refractivity contribution in [2.45, 2.75) is 26.7 Å². The van der Waals surface area contributed by atoms with Gasteiger partial charge in [0.25, 0.3) is 0 Å². The molecule has 0 unspecified atom stereocenters. The van der Waals surface area contributed by atoms with Crippen molar-refractivity contribution in [3.05, 3.63) is 102 Å². The van der Waals surface area contributed by atoms with Crippen molar-refractivity contribution in [3.8, 4) is 22.9 Å². The van der Waals surface area contributed by atoms with E-state index in [1.165, 1.54) is 45.1 Å². The Balaban J connectivity index is 1.88. The van der Waals surface area contributed by atoms with Crippen LogP contribution in [-0.4, -0.2) is 9.13 Å². The van der Waals surface area contributed by atoms with Gasteiger partial charge in [0.15, 0.2) is 11.0 Å². The Bertz CT molecular complexity index is 1370. The molecule has 0 N–H and O–H groups in total. The average Bonchev–Trinajstić information content (AvgIpc) is 3.31. The third-order valence-corrected chi connectivity index (χ3v) is 6.15. The molecule has 0 aliphatic carbocycles. The summed E-state index contributed by atoms with van der Waals surface area (Å²) >= 11 is 0. The molecule has 0 aliphatic rings. The zero-order chi connectivity index (χ0) is 21.5. The van der Waals surface area contributed by atoms with Gasteiger partial charge in [-0.2, -0.15) is 4.57 Å². The van der Waals surface area contributed by atoms with E-state index in [4.69, 9.17) is 0 Å². The molecule has 0 saturated carbocycles. The summed E-state index contributed by atoms with van der Waals surface area (Å²) in [5.41, 5.74) is 8.65. The molecule has 3 aromatic carbocycles. The monoisotopic (exact) mass is 406 g/mol. The maximum atomic E-state index is 2.38. The molecule has 31 heavy (non-hydrogen) atoms. The van der Waals surface area contributed by atoms with Crippen molar-refractivity contribution in [2.24, 2.45) is 7.05 Å². The third-order valence-electron chi connectivity index (χ3n) is 6.15. The lowest BCUT2D eigenvalue weighted by molar-refractivity contribution is -0.634. The number of hydrogen-bond donors (Lipinski definition) is 0. The highest BCUT2D eigenvalue weighted by Gasteiger charge is 2.30. The molecule has 3 heteroatoms. The largest absolute Gasteiger partial charge is 0.312 e. The number of benzene rings is 3. The van der Waals surface area contributed by atoms with Gasteiger partial charge in [0, 0.05) is 11.9 Å². The predicted octanol–water partition coefficient (Wildman–Crippen LogP) is 6.34. The van der Waals surface area contributed by atoms with Crippen LogP contribution in [0, 0.1) is 6.92 Å². The number of aryl methyl sites for hydroxylation is 2. The lowest BCUT2D eigenvalue weighted by Gasteiger charge is -2.16. The number of hydrogen-bond acceptors (Lipinski definition) is 0. The van der Waals surface area contributed by atoms with Crippen LogP contribution < -0.4 is 4.57 Å². The van der Waals surface area contributed by atoms with Crippen molar-refractivity contribution < 1.29 is 4.57 Å². The Hall–Kier alpha value is -3.59. The van der Waals surface area contributed by atoms with Crippen LogP contribution in [0.15, 0.2) is 91.1 Å². The second kappa shape index (κ2) is 7.59. The molecule has 0 bridgehead atoms. The van der Waals surface area contributed by atoms with Crippen LogP contribution in [0.1, 0.15) is 30.9 Å². The van der Waals surface area contributed by atoms with Gasteiger partial charge in [0.05, 0.1) is 7.05 Å². The number of imidazole rings is 1. The molecule has 0 aliphatic heterocycles. The highest BCUT2D eigenvalue weighted by Crippen LogP contribution is 2.33. The smallest absolute Gasteiger partial charge is 0.310 e. The molecule has 2 aromatic heterocycles. The molecule has 0 amide bonds. The molecule has 0 fully saturated rings. The molecule has 2 heterocycles. The fourth-order valence-corrected chi connectivity index (χ4v) is 4.63. The second-order valence-corrected chi connectivity index (χ2v) is 8.47. The van der Waals surface area contributed by atoms with Crippen LogP contribution >= 0.6 is 0 Å². The van der Waals surface area contributed by atoms with Gasteiger partial charge < -0.3 is 4.57 Å². The van der Waals surface area contributed by atoms with E-state index in [2.05, 4.69) is 133 Å². The molecule has 3 nitrogen and oxygen atoms in total. The maximum absolute atomic E-state index is 2.38. The second-order valence-electron chi connectivity index (χ2n) is 8.47. The zero-order valence-corrected chi connectivity index (χ0v) is 18.6. The Labute approximate surface area is 183 Å². The minimum absolute atomic E-state index is 0.445. The molecule has 5 aromatic rings. The van der Waals surface area contributed by atoms with Crippen molar-refractivity contribution in [2.75, 3.05) is 0 Å². The molecule has 0 saturated heterocycles. The highest BCUT2D eigenvalue weighted by atomic mass is 15.2. The summed E-state index contributed by atoms with van der Waals surface area (Å²) in [4.78, 5) is 0. The number of aromatic nitrogens is 3. The van der Waals surface area contributed by atoms with Gasteiger partial charge in [-0.3, -0.25) is 0 Å². The van der Waals surface area contributed by atoms with E-state index in [0.717, 1.165) is 0 Å². The lowest BCUT2D eigenvalue weighted by Crippen LogP contribution is -2.31. The van der Waals surface area contributed by atoms with Crippen molar-refractivity contribution in [1.82, 2.24) is 9.13 Å². The van der Waals surface area contributed by atoms with Crippen molar-refractivity contribution in [1.29, 1.82) is 0 Å². The van der Waals surface area contributed by atoms with Crippen LogP contribution in [0.5, 0.6) is 0 Å². The number of fused-ring (bicyclic) bond motifs is 1. The molecule has 0 atom stereocenters. The van der Waals surface area contributed by atoms with Crippen LogP contribution in [0.2, 0.25) is 0 Å². The Morgan fingerprint density at radius 2 is 1.45 bits per heavy atom. The molecule has 0 radical (unpaired) electrons. The van der Waals surface area contributed by atoms with Gasteiger partial charge in [-0.05, 0) is 60.4 Å². The molecule has 5 rings (SSSR count). The Morgan fingerprint density at radius 1 is 0.774 bits per heavy atom. The molecular weight excluding hydrogens is 378 g/mol. The summed E-state index contributed by atoms with van der Waals surface area (Å²) in [5.74, 6) is 1.62. The summed E-state index contributed by atoms with van der Waals surface area (Å²) in [6.07, 6.45) is 2.21. The van der Waals surface area contributed by atoms with Crippen molar-refractivity contribution >= 4 is 11.0 Å². The lowest BCUT2D eigenvalue weighted by atomic mass is 10.0. The SMILES string of the molecule is Cc1ccn(-c2ccccc2C(C)C)c1-c1n(-c2ccccc2)c2ccccc2[n+]1C. The van der Waals surface area contributed by atoms with E-state index in [9.17, 15) is 0 Å². The van der Waals surface area contributed by atoms with Gasteiger partial charge in [-0.1, -0.05) is 62.4 Å². The van der Waals surface area contributed by atoms with E-state index < -0.39 is 0 Å². The minimum Gasteiger partial charge on any atom is -0.310 e. The number of para-hydroxylation sites is 4. The zero-order valence-electron chi connectivity index (χ0n) is 18.6. The quantitative estimate of drug-likeness (QED) is 0.309. The summed E-state index contributed by atoms with van der Waals surface area (Å²) < 4.78 is 7.06. The molecular formula is C28H28N3+. The summed E-state index contributed by atoms with van der Waals surface area (Å²) in [5, 5.41) is 0. The average molecular weight is 407 g/mol. The Morgan fingerprint density at radius 3 is 2.23 bits per heavy atom. The van der Waals surface area contributed by atoms with Gasteiger partial charge in [0.1, 0.15) is 11.4 Å². The van der Waals surface area contributed by atoms with Gasteiger partial charge >= 0.3 is 5.82 Å². The number of nitrogens with zero attached hydrogens (tertiary/aromatic N) is 3. The Kier molecular flexibility index (Phi) is 4.74. The van der Waals surface area contributed by atoms with E-state index in [1.807, 2.05) is 0 Å². The maximum Gasteiger partial charge on any atom is 0.312 e. The van der Waals surface area contributed by atoms with Crippen LogP contribution in [0.4, 0.5) is 0 Å². The van der Waals surface area contributed by atoms with Gasteiger partial charge in [-0.15, -0.1) is 0 Å². The predicted molar refractivity (Wildman–Crippen MR) is 128 cm³/mol. The fraction of sp³-hybridized carbons (Fsp3) is 0.179. The standard InChI is InChI=1S/C28H28N3/c1-20(2)23-14-8-9-15-24(23)30-19-18-21(3)27(30)28-29(4)25-16-10-11-17-26(25)31(28)22-12-6-5-7-13-22/h5-20H,1-4H3/q+1. The first-order chi connectivity index (χ1) is 15.1. The van der Waals surface area contributed by atoms with Gasteiger partial charge in [0.2, 0.25) is 0 Å². The van der Waals surface area contributed by atoms with Crippen LogP contribution in [0.3, 0.4) is 0 Å². The molecule has 154 valence electrons. The van der Waals surface area contributed by atoms with Crippen molar-refractivity contribution in [3.63, 3.8) is 0 Å². The van der Waals surface area contributed by atoms with E-state index >= 15 is 0 Å². The van der Waals surface area contributed by atoms with E-state index in [0.29, 0.717) is 5.92 Å². The first kappa shape index (κ1) is 19.4. The fourth-order valence-electron chi connectivity index (χ4n) is 4.63. The summed E-state index contributed by atoms with van der Waals surface area (Å²) in [6.45, 7) is 6.72. The summed E-state index contributed by atoms with van der Waals surface area (Å²) in [6, 6.07) is 30.2. The van der Waals surface area contributed by atoms with Gasteiger partial charge in [-0.25, -0.2) is 4.57 Å². The van der Waals surface area contributed by atoms with Crippen LogP contribution in [-0.2, 0) is 7.05 Å². The van der Waals surface area contributed by atoms with Crippen LogP contribution in [0.25, 0.3) is 33.9 Å². The molecule has 0 spiro atoms.